The molecule has 0 aliphatic carbocycles. The van der Waals surface area contributed by atoms with Gasteiger partial charge in [0.05, 0.1) is 5.56 Å². The van der Waals surface area contributed by atoms with Crippen LogP contribution in [0.2, 0.25) is 0 Å². The van der Waals surface area contributed by atoms with Gasteiger partial charge in [0.1, 0.15) is 11.8 Å². The van der Waals surface area contributed by atoms with Gasteiger partial charge in [0, 0.05) is 0 Å². The highest BCUT2D eigenvalue weighted by Gasteiger charge is 2.15. The summed E-state index contributed by atoms with van der Waals surface area (Å²) in [5.41, 5.74) is -0.144. The van der Waals surface area contributed by atoms with E-state index in [4.69, 9.17) is 15.3 Å². The first-order valence-electron chi connectivity index (χ1n) is 3.89. The van der Waals surface area contributed by atoms with Crippen LogP contribution in [-0.2, 0) is 0 Å². The molecule has 0 aliphatic rings. The van der Waals surface area contributed by atoms with Crippen molar-refractivity contribution in [2.75, 3.05) is 0 Å². The van der Waals surface area contributed by atoms with Crippen molar-refractivity contribution < 1.29 is 23.6 Å². The highest BCUT2D eigenvalue weighted by molar-refractivity contribution is 6.58. The van der Waals surface area contributed by atoms with Crippen LogP contribution in [0.15, 0.2) is 18.2 Å². The molecule has 0 bridgehead atoms. The molecule has 7 heteroatoms. The summed E-state index contributed by atoms with van der Waals surface area (Å²) in [4.78, 5) is 0. The molecule has 0 fully saturated rings. The first-order valence-corrected chi connectivity index (χ1v) is 3.89. The molecule has 0 aliphatic heterocycles. The molecular weight excluding hydrogens is 207 g/mol. The number of nitrogens with zero attached hydrogens (tertiary/aromatic N) is 1. The maximum atomic E-state index is 11.9. The van der Waals surface area contributed by atoms with Gasteiger partial charge in [-0.2, -0.15) is 14.0 Å². The summed E-state index contributed by atoms with van der Waals surface area (Å²) in [6, 6.07) is 4.95. The predicted octanol–water partition coefficient (Wildman–Crippen LogP) is -0.161. The number of alkyl halides is 2. The number of hydrogen-bond acceptors (Lipinski definition) is 4. The third-order valence-electron chi connectivity index (χ3n) is 1.64. The Balaban J connectivity index is 3.05. The molecule has 4 nitrogen and oxygen atoms in total. The summed E-state index contributed by atoms with van der Waals surface area (Å²) < 4.78 is 27.8. The maximum Gasteiger partial charge on any atom is 0.488 e. The minimum Gasteiger partial charge on any atom is -0.433 e. The van der Waals surface area contributed by atoms with Gasteiger partial charge in [0.2, 0.25) is 0 Å². The summed E-state index contributed by atoms with van der Waals surface area (Å²) in [5.74, 6) is -0.295. The lowest BCUT2D eigenvalue weighted by atomic mass is 9.79. The Bertz CT molecular complexity index is 392. The van der Waals surface area contributed by atoms with Crippen molar-refractivity contribution in [1.29, 1.82) is 5.26 Å². The molecule has 0 aromatic heterocycles. The number of hydrogen-bond donors (Lipinski definition) is 2. The fraction of sp³-hybridized carbons (Fsp3) is 0.125. The third-order valence-corrected chi connectivity index (χ3v) is 1.64. The van der Waals surface area contributed by atoms with Gasteiger partial charge in [-0.25, -0.2) is 0 Å². The quantitative estimate of drug-likeness (QED) is 0.684. The average Bonchev–Trinajstić information content (AvgIpc) is 2.17. The van der Waals surface area contributed by atoms with Crippen molar-refractivity contribution in [3.63, 3.8) is 0 Å². The minimum atomic E-state index is -3.03. The van der Waals surface area contributed by atoms with Crippen LogP contribution in [0.4, 0.5) is 8.78 Å². The molecule has 0 amide bonds. The van der Waals surface area contributed by atoms with Crippen LogP contribution in [0, 0.1) is 11.3 Å². The maximum absolute atomic E-state index is 11.9. The van der Waals surface area contributed by atoms with E-state index in [1.54, 1.807) is 6.07 Å². The standard InChI is InChI=1S/C8H6BF2NO3/c10-8(11)15-7-2-1-6(9(13)14)3-5(7)4-12/h1-3,8,13-14H. The normalized spacial score (nSPS) is 9.87. The third kappa shape index (κ3) is 2.90. The van der Waals surface area contributed by atoms with Crippen LogP contribution < -0.4 is 10.2 Å². The number of rotatable bonds is 3. The zero-order chi connectivity index (χ0) is 11.4. The Kier molecular flexibility index (Phi) is 3.60. The first kappa shape index (κ1) is 11.4. The predicted molar refractivity (Wildman–Crippen MR) is 47.6 cm³/mol. The zero-order valence-electron chi connectivity index (χ0n) is 7.39. The Labute approximate surface area is 84.5 Å². The van der Waals surface area contributed by atoms with Gasteiger partial charge in [0.25, 0.3) is 0 Å². The largest absolute Gasteiger partial charge is 0.488 e. The Morgan fingerprint density at radius 1 is 1.40 bits per heavy atom. The van der Waals surface area contributed by atoms with E-state index in [-0.39, 0.29) is 16.8 Å². The van der Waals surface area contributed by atoms with Gasteiger partial charge < -0.3 is 14.8 Å². The van der Waals surface area contributed by atoms with Crippen LogP contribution >= 0.6 is 0 Å². The molecule has 1 rings (SSSR count). The zero-order valence-corrected chi connectivity index (χ0v) is 7.39. The minimum absolute atomic E-state index is 0.0353. The molecule has 0 radical (unpaired) electrons. The van der Waals surface area contributed by atoms with Crippen molar-refractivity contribution in [2.45, 2.75) is 6.61 Å². The number of ether oxygens (including phenoxy) is 1. The molecular formula is C8H6BF2NO3. The van der Waals surface area contributed by atoms with Crippen molar-refractivity contribution >= 4 is 12.6 Å². The molecule has 15 heavy (non-hydrogen) atoms. The Morgan fingerprint density at radius 3 is 2.53 bits per heavy atom. The SMILES string of the molecule is N#Cc1cc(B(O)O)ccc1OC(F)F. The summed E-state index contributed by atoms with van der Waals surface area (Å²) in [5, 5.41) is 26.1. The van der Waals surface area contributed by atoms with Gasteiger partial charge in [-0.05, 0) is 17.6 Å². The van der Waals surface area contributed by atoms with Crippen LogP contribution in [-0.4, -0.2) is 23.8 Å². The first-order chi connectivity index (χ1) is 7.04. The molecule has 0 saturated heterocycles. The van der Waals surface area contributed by atoms with E-state index in [2.05, 4.69) is 4.74 Å². The molecule has 0 spiro atoms. The Morgan fingerprint density at radius 2 is 2.07 bits per heavy atom. The second kappa shape index (κ2) is 4.73. The second-order valence-corrected chi connectivity index (χ2v) is 2.62. The molecule has 1 aromatic rings. The number of nitriles is 1. The molecule has 1 aromatic carbocycles. The molecule has 0 heterocycles. The Hall–Kier alpha value is -1.65. The summed E-state index contributed by atoms with van der Waals surface area (Å²) in [7, 11) is -1.75. The van der Waals surface area contributed by atoms with Crippen LogP contribution in [0.1, 0.15) is 5.56 Å². The van der Waals surface area contributed by atoms with Crippen LogP contribution in [0.25, 0.3) is 0 Å². The molecule has 0 saturated carbocycles. The second-order valence-electron chi connectivity index (χ2n) is 2.62. The van der Waals surface area contributed by atoms with Crippen molar-refractivity contribution in [2.24, 2.45) is 0 Å². The van der Waals surface area contributed by atoms with Gasteiger partial charge in [-0.3, -0.25) is 0 Å². The van der Waals surface area contributed by atoms with Crippen LogP contribution in [0.3, 0.4) is 0 Å². The smallest absolute Gasteiger partial charge is 0.433 e. The number of halogens is 2. The average molecular weight is 213 g/mol. The monoisotopic (exact) mass is 213 g/mol. The fourth-order valence-corrected chi connectivity index (χ4v) is 0.994. The van der Waals surface area contributed by atoms with Gasteiger partial charge >= 0.3 is 13.7 Å². The van der Waals surface area contributed by atoms with Gasteiger partial charge in [-0.15, -0.1) is 0 Å². The van der Waals surface area contributed by atoms with E-state index in [1.165, 1.54) is 6.07 Å². The molecule has 78 valence electrons. The van der Waals surface area contributed by atoms with Crippen molar-refractivity contribution in [3.05, 3.63) is 23.8 Å². The summed E-state index contributed by atoms with van der Waals surface area (Å²) >= 11 is 0. The fourth-order valence-electron chi connectivity index (χ4n) is 0.994. The van der Waals surface area contributed by atoms with E-state index in [0.717, 1.165) is 12.1 Å². The van der Waals surface area contributed by atoms with Crippen molar-refractivity contribution in [3.8, 4) is 11.8 Å². The lowest BCUT2D eigenvalue weighted by molar-refractivity contribution is -0.0500. The van der Waals surface area contributed by atoms with E-state index >= 15 is 0 Å². The highest BCUT2D eigenvalue weighted by atomic mass is 19.3. The molecule has 2 N–H and O–H groups in total. The van der Waals surface area contributed by atoms with Crippen LogP contribution in [0.5, 0.6) is 5.75 Å². The molecule has 0 atom stereocenters. The highest BCUT2D eigenvalue weighted by Crippen LogP contribution is 2.18. The lowest BCUT2D eigenvalue weighted by Gasteiger charge is -2.07. The van der Waals surface area contributed by atoms with Gasteiger partial charge in [0.15, 0.2) is 0 Å². The van der Waals surface area contributed by atoms with E-state index in [1.807, 2.05) is 0 Å². The van der Waals surface area contributed by atoms with E-state index < -0.39 is 13.7 Å². The van der Waals surface area contributed by atoms with Gasteiger partial charge in [-0.1, -0.05) is 6.07 Å². The topological polar surface area (TPSA) is 73.5 Å². The molecule has 0 unspecified atom stereocenters. The summed E-state index contributed by atoms with van der Waals surface area (Å²) in [6.45, 7) is -3.03. The van der Waals surface area contributed by atoms with E-state index in [0.29, 0.717) is 0 Å². The summed E-state index contributed by atoms with van der Waals surface area (Å²) in [6.07, 6.45) is 0. The van der Waals surface area contributed by atoms with Crippen molar-refractivity contribution in [1.82, 2.24) is 0 Å². The number of benzene rings is 1. The lowest BCUT2D eigenvalue weighted by Crippen LogP contribution is -2.29. The van der Waals surface area contributed by atoms with E-state index in [9.17, 15) is 8.78 Å².